The third-order valence-corrected chi connectivity index (χ3v) is 5.88. The van der Waals surface area contributed by atoms with Crippen molar-refractivity contribution in [2.45, 2.75) is 44.2 Å². The van der Waals surface area contributed by atoms with Gasteiger partial charge in [-0.2, -0.15) is 0 Å². The van der Waals surface area contributed by atoms with Gasteiger partial charge in [0.2, 0.25) is 5.91 Å². The smallest absolute Gasteiger partial charge is 0.227 e. The number of nitrogens with zero attached hydrogens (tertiary/aromatic N) is 2. The Kier molecular flexibility index (Phi) is 4.68. The summed E-state index contributed by atoms with van der Waals surface area (Å²) in [5.41, 5.74) is 2.08. The van der Waals surface area contributed by atoms with E-state index in [2.05, 4.69) is 35.2 Å². The minimum Gasteiger partial charge on any atom is -0.508 e. The highest BCUT2D eigenvalue weighted by atomic mass is 16.3. The van der Waals surface area contributed by atoms with Gasteiger partial charge in [-0.3, -0.25) is 9.69 Å². The Morgan fingerprint density at radius 1 is 0.962 bits per heavy atom. The molecule has 1 spiro atoms. The Morgan fingerprint density at radius 2 is 1.73 bits per heavy atom. The summed E-state index contributed by atoms with van der Waals surface area (Å²) >= 11 is 0. The second kappa shape index (κ2) is 7.12. The van der Waals surface area contributed by atoms with E-state index in [0.29, 0.717) is 6.42 Å². The SMILES string of the molecule is O=C1CCCC2(CCN(Cc3ccccc3)CC2)N1c1cccc(O)c1. The van der Waals surface area contributed by atoms with Crippen molar-refractivity contribution in [3.8, 4) is 5.75 Å². The molecule has 1 amide bonds. The van der Waals surface area contributed by atoms with Gasteiger partial charge in [0.05, 0.1) is 5.54 Å². The lowest BCUT2D eigenvalue weighted by atomic mass is 9.78. The van der Waals surface area contributed by atoms with Crippen LogP contribution in [0.3, 0.4) is 0 Å². The highest BCUT2D eigenvalue weighted by Crippen LogP contribution is 2.41. The highest BCUT2D eigenvalue weighted by molar-refractivity contribution is 5.95. The molecule has 136 valence electrons. The van der Waals surface area contributed by atoms with Crippen LogP contribution < -0.4 is 4.90 Å². The molecule has 0 aliphatic carbocycles. The minimum absolute atomic E-state index is 0.101. The van der Waals surface area contributed by atoms with E-state index in [4.69, 9.17) is 0 Å². The fourth-order valence-electron chi connectivity index (χ4n) is 4.55. The largest absolute Gasteiger partial charge is 0.508 e. The molecule has 26 heavy (non-hydrogen) atoms. The number of amides is 1. The Hall–Kier alpha value is -2.33. The summed E-state index contributed by atoms with van der Waals surface area (Å²) < 4.78 is 0. The van der Waals surface area contributed by atoms with E-state index in [1.165, 1.54) is 5.56 Å². The average Bonchev–Trinajstić information content (AvgIpc) is 2.65. The summed E-state index contributed by atoms with van der Waals surface area (Å²) in [6.07, 6.45) is 4.59. The van der Waals surface area contributed by atoms with Crippen molar-refractivity contribution in [2.24, 2.45) is 0 Å². The molecule has 2 heterocycles. The van der Waals surface area contributed by atoms with Gasteiger partial charge in [0.25, 0.3) is 0 Å². The van der Waals surface area contributed by atoms with Crippen molar-refractivity contribution in [1.82, 2.24) is 4.90 Å². The molecule has 2 fully saturated rings. The standard InChI is InChI=1S/C22H26N2O2/c25-20-9-4-8-19(16-20)24-21(26)10-5-11-22(24)12-14-23(15-13-22)17-18-6-2-1-3-7-18/h1-4,6-9,16,25H,5,10-15,17H2. The van der Waals surface area contributed by atoms with Gasteiger partial charge in [-0.25, -0.2) is 0 Å². The molecule has 0 bridgehead atoms. The van der Waals surface area contributed by atoms with Gasteiger partial charge in [-0.05, 0) is 43.4 Å². The maximum absolute atomic E-state index is 12.8. The number of carbonyl (C=O) groups excluding carboxylic acids is 1. The highest BCUT2D eigenvalue weighted by Gasteiger charge is 2.45. The van der Waals surface area contributed by atoms with E-state index in [1.807, 2.05) is 17.0 Å². The molecule has 2 aromatic rings. The number of hydrogen-bond donors (Lipinski definition) is 1. The average molecular weight is 350 g/mol. The molecule has 4 heteroatoms. The summed E-state index contributed by atoms with van der Waals surface area (Å²) in [6.45, 7) is 2.96. The van der Waals surface area contributed by atoms with Crippen molar-refractivity contribution in [1.29, 1.82) is 0 Å². The van der Waals surface area contributed by atoms with E-state index in [9.17, 15) is 9.90 Å². The lowest BCUT2D eigenvalue weighted by Crippen LogP contribution is -2.59. The van der Waals surface area contributed by atoms with Crippen molar-refractivity contribution in [3.63, 3.8) is 0 Å². The van der Waals surface area contributed by atoms with E-state index in [0.717, 1.165) is 51.0 Å². The second-order valence-electron chi connectivity index (χ2n) is 7.59. The van der Waals surface area contributed by atoms with Crippen molar-refractivity contribution in [2.75, 3.05) is 18.0 Å². The van der Waals surface area contributed by atoms with Crippen molar-refractivity contribution < 1.29 is 9.90 Å². The van der Waals surface area contributed by atoms with Crippen LogP contribution in [0.1, 0.15) is 37.7 Å². The molecule has 0 aromatic heterocycles. The number of hydrogen-bond acceptors (Lipinski definition) is 3. The zero-order valence-electron chi connectivity index (χ0n) is 15.1. The van der Waals surface area contributed by atoms with Crippen LogP contribution in [0, 0.1) is 0 Å². The molecule has 2 aliphatic rings. The summed E-state index contributed by atoms with van der Waals surface area (Å²) in [7, 11) is 0. The number of aromatic hydroxyl groups is 1. The van der Waals surface area contributed by atoms with E-state index < -0.39 is 0 Å². The van der Waals surface area contributed by atoms with Gasteiger partial charge < -0.3 is 10.0 Å². The normalized spacial score (nSPS) is 20.5. The number of benzene rings is 2. The molecular weight excluding hydrogens is 324 g/mol. The summed E-state index contributed by atoms with van der Waals surface area (Å²) in [5, 5.41) is 9.88. The van der Waals surface area contributed by atoms with Crippen LogP contribution in [0.25, 0.3) is 0 Å². The maximum atomic E-state index is 12.8. The van der Waals surface area contributed by atoms with Crippen LogP contribution >= 0.6 is 0 Å². The summed E-state index contributed by atoms with van der Waals surface area (Å²) in [4.78, 5) is 17.3. The third-order valence-electron chi connectivity index (χ3n) is 5.88. The fraction of sp³-hybridized carbons (Fsp3) is 0.409. The summed E-state index contributed by atoms with van der Waals surface area (Å²) in [6, 6.07) is 17.7. The first-order valence-corrected chi connectivity index (χ1v) is 9.55. The monoisotopic (exact) mass is 350 g/mol. The summed E-state index contributed by atoms with van der Waals surface area (Å²) in [5.74, 6) is 0.413. The predicted molar refractivity (Wildman–Crippen MR) is 103 cm³/mol. The third kappa shape index (κ3) is 3.34. The van der Waals surface area contributed by atoms with Gasteiger partial charge in [0.15, 0.2) is 0 Å². The first-order chi connectivity index (χ1) is 12.7. The molecule has 4 rings (SSSR count). The lowest BCUT2D eigenvalue weighted by Gasteiger charge is -2.51. The number of piperidine rings is 2. The topological polar surface area (TPSA) is 43.8 Å². The molecule has 0 saturated carbocycles. The Labute approximate surface area is 155 Å². The zero-order chi connectivity index (χ0) is 18.0. The van der Waals surface area contributed by atoms with E-state index in [1.54, 1.807) is 12.1 Å². The van der Waals surface area contributed by atoms with Gasteiger partial charge in [-0.1, -0.05) is 36.4 Å². The second-order valence-corrected chi connectivity index (χ2v) is 7.59. The van der Waals surface area contributed by atoms with Gasteiger partial charge >= 0.3 is 0 Å². The van der Waals surface area contributed by atoms with Gasteiger partial charge in [0.1, 0.15) is 5.75 Å². The Bertz CT molecular complexity index is 767. The number of phenolic OH excluding ortho intramolecular Hbond substituents is 1. The molecule has 0 unspecified atom stereocenters. The van der Waals surface area contributed by atoms with E-state index >= 15 is 0 Å². The fourth-order valence-corrected chi connectivity index (χ4v) is 4.55. The van der Waals surface area contributed by atoms with Crippen LogP contribution in [0.4, 0.5) is 5.69 Å². The molecule has 2 aromatic carbocycles. The van der Waals surface area contributed by atoms with E-state index in [-0.39, 0.29) is 17.2 Å². The number of anilines is 1. The minimum atomic E-state index is -0.101. The zero-order valence-corrected chi connectivity index (χ0v) is 15.1. The van der Waals surface area contributed by atoms with Gasteiger partial charge in [0, 0.05) is 37.8 Å². The quantitative estimate of drug-likeness (QED) is 0.912. The van der Waals surface area contributed by atoms with Gasteiger partial charge in [-0.15, -0.1) is 0 Å². The number of rotatable bonds is 3. The van der Waals surface area contributed by atoms with Crippen LogP contribution in [0.2, 0.25) is 0 Å². The maximum Gasteiger partial charge on any atom is 0.227 e. The molecule has 4 nitrogen and oxygen atoms in total. The van der Waals surface area contributed by atoms with Crippen molar-refractivity contribution >= 4 is 11.6 Å². The molecular formula is C22H26N2O2. The van der Waals surface area contributed by atoms with Crippen LogP contribution in [0.15, 0.2) is 54.6 Å². The Morgan fingerprint density at radius 3 is 2.46 bits per heavy atom. The van der Waals surface area contributed by atoms with Crippen LogP contribution in [-0.2, 0) is 11.3 Å². The molecule has 1 N–H and O–H groups in total. The van der Waals surface area contributed by atoms with Crippen molar-refractivity contribution in [3.05, 3.63) is 60.2 Å². The number of likely N-dealkylation sites (tertiary alicyclic amines) is 1. The first kappa shape index (κ1) is 17.1. The predicted octanol–water partition coefficient (Wildman–Crippen LogP) is 3.94. The van der Waals surface area contributed by atoms with Crippen LogP contribution in [-0.4, -0.2) is 34.5 Å². The molecule has 2 saturated heterocycles. The first-order valence-electron chi connectivity index (χ1n) is 9.55. The Balaban J connectivity index is 1.52. The number of carbonyl (C=O) groups is 1. The molecule has 0 radical (unpaired) electrons. The van der Waals surface area contributed by atoms with Crippen LogP contribution in [0.5, 0.6) is 5.75 Å². The number of phenols is 1. The molecule has 2 aliphatic heterocycles. The molecule has 0 atom stereocenters. The lowest BCUT2D eigenvalue weighted by molar-refractivity contribution is -0.122.